The van der Waals surface area contributed by atoms with Crippen LogP contribution in [0.2, 0.25) is 0 Å². The lowest BCUT2D eigenvalue weighted by Crippen LogP contribution is -2.17. The van der Waals surface area contributed by atoms with Gasteiger partial charge in [-0.25, -0.2) is 13.6 Å². The lowest BCUT2D eigenvalue weighted by molar-refractivity contribution is 0.0718. The van der Waals surface area contributed by atoms with E-state index in [9.17, 15) is 30.8 Å². The van der Waals surface area contributed by atoms with E-state index in [-0.39, 0.29) is 5.56 Å². The van der Waals surface area contributed by atoms with Crippen molar-refractivity contribution in [3.05, 3.63) is 132 Å². The van der Waals surface area contributed by atoms with Crippen LogP contribution in [0, 0.1) is 23.3 Å². The Morgan fingerprint density at radius 3 is 1.42 bits per heavy atom. The number of fused-ring (bicyclic) bond motifs is 2. The molecule has 6 aromatic rings. The highest BCUT2D eigenvalue weighted by molar-refractivity contribution is 7.85. The van der Waals surface area contributed by atoms with Crippen molar-refractivity contribution in [1.29, 1.82) is 0 Å². The fourth-order valence-corrected chi connectivity index (χ4v) is 5.83. The van der Waals surface area contributed by atoms with Crippen LogP contribution < -0.4 is 4.74 Å². The van der Waals surface area contributed by atoms with Gasteiger partial charge in [-0.15, -0.1) is 0 Å². The van der Waals surface area contributed by atoms with E-state index in [0.29, 0.717) is 22.3 Å². The smallest absolute Gasteiger partial charge is 0.345 e. The van der Waals surface area contributed by atoms with Crippen molar-refractivity contribution >= 4 is 37.6 Å². The fraction of sp³-hybridized carbons (Fsp3) is 0. The van der Waals surface area contributed by atoms with Crippen molar-refractivity contribution in [2.75, 3.05) is 0 Å². The molecule has 0 heterocycles. The number of hydrogen-bond donors (Lipinski definition) is 1. The second kappa shape index (κ2) is 10.6. The molecular weight excluding hydrogens is 584 g/mol. The summed E-state index contributed by atoms with van der Waals surface area (Å²) in [5, 5.41) is 3.14. The molecule has 0 atom stereocenters. The third kappa shape index (κ3) is 4.80. The Hall–Kier alpha value is -5.06. The summed E-state index contributed by atoms with van der Waals surface area (Å²) >= 11 is 0. The Bertz CT molecular complexity index is 2080. The van der Waals surface area contributed by atoms with Crippen molar-refractivity contribution in [2.45, 2.75) is 4.90 Å². The third-order valence-corrected chi connectivity index (χ3v) is 7.94. The second-order valence-corrected chi connectivity index (χ2v) is 10.9. The van der Waals surface area contributed by atoms with E-state index < -0.39 is 50.0 Å². The molecule has 0 saturated carbocycles. The topological polar surface area (TPSA) is 80.7 Å². The van der Waals surface area contributed by atoms with E-state index >= 15 is 0 Å². The molecule has 0 aromatic heterocycles. The van der Waals surface area contributed by atoms with Gasteiger partial charge in [-0.05, 0) is 43.8 Å². The molecule has 0 radical (unpaired) electrons. The minimum Gasteiger partial charge on any atom is -0.416 e. The monoisotopic (exact) mass is 602 g/mol. The van der Waals surface area contributed by atoms with Gasteiger partial charge in [0.05, 0.1) is 5.56 Å². The molecule has 1 N–H and O–H groups in total. The molecule has 0 amide bonds. The Morgan fingerprint density at radius 2 is 0.953 bits per heavy atom. The van der Waals surface area contributed by atoms with Gasteiger partial charge < -0.3 is 4.74 Å². The largest absolute Gasteiger partial charge is 0.416 e. The molecule has 43 heavy (non-hydrogen) atoms. The van der Waals surface area contributed by atoms with E-state index in [4.69, 9.17) is 9.29 Å². The molecule has 5 nitrogen and oxygen atoms in total. The zero-order valence-corrected chi connectivity index (χ0v) is 22.6. The Balaban J connectivity index is 1.63. The van der Waals surface area contributed by atoms with Crippen LogP contribution in [-0.4, -0.2) is 18.9 Å². The molecule has 0 saturated heterocycles. The quantitative estimate of drug-likeness (QED) is 0.0705. The number of hydrogen-bond acceptors (Lipinski definition) is 4. The van der Waals surface area contributed by atoms with Gasteiger partial charge in [-0.1, -0.05) is 103 Å². The number of ether oxygens (including phenoxy) is 1. The summed E-state index contributed by atoms with van der Waals surface area (Å²) in [7, 11) is -5.70. The van der Waals surface area contributed by atoms with Crippen LogP contribution in [-0.2, 0) is 10.1 Å². The summed E-state index contributed by atoms with van der Waals surface area (Å²) in [5.74, 6) is -12.7. The van der Waals surface area contributed by atoms with Crippen molar-refractivity contribution < 1.29 is 40.1 Å². The van der Waals surface area contributed by atoms with Crippen LogP contribution in [0.4, 0.5) is 17.6 Å². The molecule has 0 fully saturated rings. The molecule has 0 unspecified atom stereocenters. The Morgan fingerprint density at radius 1 is 0.558 bits per heavy atom. The van der Waals surface area contributed by atoms with Gasteiger partial charge in [0.1, 0.15) is 0 Å². The van der Waals surface area contributed by atoms with Crippen LogP contribution in [0.1, 0.15) is 10.4 Å². The summed E-state index contributed by atoms with van der Waals surface area (Å²) in [5.41, 5.74) is 1.54. The van der Waals surface area contributed by atoms with Crippen molar-refractivity contribution in [3.63, 3.8) is 0 Å². The van der Waals surface area contributed by atoms with Gasteiger partial charge >= 0.3 is 16.1 Å². The number of esters is 1. The first-order valence-electron chi connectivity index (χ1n) is 12.7. The summed E-state index contributed by atoms with van der Waals surface area (Å²) in [4.78, 5) is 11.7. The van der Waals surface area contributed by atoms with Crippen LogP contribution in [0.25, 0.3) is 43.8 Å². The van der Waals surface area contributed by atoms with Crippen molar-refractivity contribution in [3.8, 4) is 28.0 Å². The van der Waals surface area contributed by atoms with Gasteiger partial charge in [-0.3, -0.25) is 4.55 Å². The Kier molecular flexibility index (Phi) is 6.95. The van der Waals surface area contributed by atoms with Crippen LogP contribution in [0.3, 0.4) is 0 Å². The average Bonchev–Trinajstić information content (AvgIpc) is 3.00. The van der Waals surface area contributed by atoms with E-state index in [1.807, 2.05) is 48.5 Å². The van der Waals surface area contributed by atoms with E-state index in [0.717, 1.165) is 21.5 Å². The standard InChI is InChI=1S/C33H18F4O5S/c34-27-29(36)32(43(39,40)41)30(37)28(35)31(27)42-33(38)26-24(22-14-5-10-18-8-1-3-12-20(18)22)16-7-17-25(26)23-15-6-11-19-9-2-4-13-21(19)23/h1-17H,(H,39,40,41). The SMILES string of the molecule is O=C(Oc1c(F)c(F)c(S(=O)(=O)O)c(F)c1F)c1c(-c2cccc3ccccc23)cccc1-c1cccc2ccccc12. The molecule has 6 rings (SSSR count). The van der Waals surface area contributed by atoms with E-state index in [1.165, 1.54) is 0 Å². The maximum atomic E-state index is 14.9. The molecule has 6 aromatic carbocycles. The Labute approximate surface area is 242 Å². The van der Waals surface area contributed by atoms with Crippen LogP contribution >= 0.6 is 0 Å². The number of carbonyl (C=O) groups is 1. The van der Waals surface area contributed by atoms with Crippen molar-refractivity contribution in [1.82, 2.24) is 0 Å². The molecule has 0 aliphatic heterocycles. The number of carbonyl (C=O) groups excluding carboxylic acids is 1. The van der Waals surface area contributed by atoms with Gasteiger partial charge in [0.2, 0.25) is 17.4 Å². The molecule has 214 valence electrons. The van der Waals surface area contributed by atoms with E-state index in [2.05, 4.69) is 0 Å². The first-order valence-corrected chi connectivity index (χ1v) is 14.2. The minimum atomic E-state index is -5.70. The minimum absolute atomic E-state index is 0.173. The van der Waals surface area contributed by atoms with Crippen LogP contribution in [0.15, 0.2) is 108 Å². The van der Waals surface area contributed by atoms with Gasteiger partial charge in [-0.2, -0.15) is 17.2 Å². The zero-order chi connectivity index (χ0) is 30.5. The second-order valence-electron chi connectivity index (χ2n) is 9.56. The highest BCUT2D eigenvalue weighted by Crippen LogP contribution is 2.40. The molecule has 0 bridgehead atoms. The lowest BCUT2D eigenvalue weighted by Gasteiger charge is -2.18. The van der Waals surface area contributed by atoms with Gasteiger partial charge in [0.25, 0.3) is 0 Å². The molecule has 10 heteroatoms. The normalized spacial score (nSPS) is 11.7. The molecule has 0 spiro atoms. The first-order chi connectivity index (χ1) is 20.6. The average molecular weight is 603 g/mol. The van der Waals surface area contributed by atoms with Crippen LogP contribution in [0.5, 0.6) is 5.75 Å². The summed E-state index contributed by atoms with van der Waals surface area (Å²) < 4.78 is 95.9. The maximum Gasteiger partial charge on any atom is 0.345 e. The fourth-order valence-electron chi connectivity index (χ4n) is 5.19. The van der Waals surface area contributed by atoms with Gasteiger partial charge in [0, 0.05) is 0 Å². The predicted octanol–water partition coefficient (Wildman–Crippen LogP) is 8.35. The zero-order valence-electron chi connectivity index (χ0n) is 21.8. The number of halogens is 4. The molecule has 0 aliphatic carbocycles. The molecule has 0 aliphatic rings. The predicted molar refractivity (Wildman–Crippen MR) is 153 cm³/mol. The first kappa shape index (κ1) is 28.1. The van der Waals surface area contributed by atoms with Crippen molar-refractivity contribution in [2.24, 2.45) is 0 Å². The number of rotatable bonds is 5. The summed E-state index contributed by atoms with van der Waals surface area (Å²) in [6.07, 6.45) is 0. The van der Waals surface area contributed by atoms with E-state index in [1.54, 1.807) is 54.6 Å². The highest BCUT2D eigenvalue weighted by atomic mass is 32.2. The third-order valence-electron chi connectivity index (χ3n) is 7.06. The maximum absolute atomic E-state index is 14.9. The summed E-state index contributed by atoms with van der Waals surface area (Å²) in [6, 6.07) is 30.2. The highest BCUT2D eigenvalue weighted by Gasteiger charge is 2.35. The number of benzene rings is 6. The lowest BCUT2D eigenvalue weighted by atomic mass is 9.88. The summed E-state index contributed by atoms with van der Waals surface area (Å²) in [6.45, 7) is 0. The molecular formula is C33H18F4O5S. The van der Waals surface area contributed by atoms with Gasteiger partial charge in [0.15, 0.2) is 16.5 Å².